The third-order valence-electron chi connectivity index (χ3n) is 6.08. The number of allylic oxidation sites excluding steroid dienone is 2. The Morgan fingerprint density at radius 1 is 0.838 bits per heavy atom. The summed E-state index contributed by atoms with van der Waals surface area (Å²) in [6, 6.07) is 18.7. The summed E-state index contributed by atoms with van der Waals surface area (Å²) in [7, 11) is 2.91. The Morgan fingerprint density at radius 3 is 1.89 bits per heavy atom. The highest BCUT2D eigenvalue weighted by Crippen LogP contribution is 2.38. The number of carbonyl (C=O) groups is 3. The highest BCUT2D eigenvalue weighted by molar-refractivity contribution is 6.03. The molecule has 2 aromatic carbocycles. The van der Waals surface area contributed by atoms with Crippen LogP contribution in [0.15, 0.2) is 72.8 Å². The molecule has 0 atom stereocenters. The summed E-state index contributed by atoms with van der Waals surface area (Å²) in [4.78, 5) is 47.2. The predicted molar refractivity (Wildman–Crippen MR) is 133 cm³/mol. The summed E-state index contributed by atoms with van der Waals surface area (Å²) in [5.74, 6) is -1.18. The van der Waals surface area contributed by atoms with Crippen LogP contribution in [0.4, 0.5) is 0 Å². The standard InChI is InChI=1S/C28H26N2O7/c1-34-24-16-22(29-27(30-24)35-2)21-13-14-28(23(31)15-21,17-36-25(32)19-9-5-3-6-10-19)18-37-26(33)20-11-7-4-8-12-20/h3-12,15-16H,13-14,17-18H2,1-2H3. The molecule has 9 nitrogen and oxygen atoms in total. The number of rotatable bonds is 9. The fourth-order valence-electron chi connectivity index (χ4n) is 3.90. The first-order chi connectivity index (χ1) is 17.9. The third-order valence-corrected chi connectivity index (χ3v) is 6.08. The van der Waals surface area contributed by atoms with Crippen molar-refractivity contribution in [3.63, 3.8) is 0 Å². The Labute approximate surface area is 214 Å². The van der Waals surface area contributed by atoms with E-state index in [1.54, 1.807) is 66.7 Å². The lowest BCUT2D eigenvalue weighted by Gasteiger charge is -2.33. The lowest BCUT2D eigenvalue weighted by Crippen LogP contribution is -2.43. The van der Waals surface area contributed by atoms with Crippen molar-refractivity contribution in [1.29, 1.82) is 0 Å². The van der Waals surface area contributed by atoms with Gasteiger partial charge in [0, 0.05) is 6.07 Å². The number of aromatic nitrogens is 2. The van der Waals surface area contributed by atoms with Crippen LogP contribution in [0, 0.1) is 5.41 Å². The highest BCUT2D eigenvalue weighted by atomic mass is 16.5. The number of ketones is 1. The first-order valence-corrected chi connectivity index (χ1v) is 11.6. The molecular weight excluding hydrogens is 476 g/mol. The largest absolute Gasteiger partial charge is 0.481 e. The van der Waals surface area contributed by atoms with E-state index in [4.69, 9.17) is 18.9 Å². The number of benzene rings is 2. The Kier molecular flexibility index (Phi) is 7.92. The van der Waals surface area contributed by atoms with Crippen LogP contribution in [0.2, 0.25) is 0 Å². The van der Waals surface area contributed by atoms with E-state index in [-0.39, 0.29) is 31.4 Å². The number of hydrogen-bond acceptors (Lipinski definition) is 9. The zero-order chi connectivity index (χ0) is 26.3. The molecule has 0 saturated carbocycles. The van der Waals surface area contributed by atoms with E-state index in [0.717, 1.165) is 0 Å². The van der Waals surface area contributed by atoms with Gasteiger partial charge in [0.05, 0.1) is 31.0 Å². The average Bonchev–Trinajstić information content (AvgIpc) is 2.96. The molecule has 0 radical (unpaired) electrons. The second-order valence-electron chi connectivity index (χ2n) is 8.48. The fraction of sp³-hybridized carbons (Fsp3) is 0.250. The van der Waals surface area contributed by atoms with Gasteiger partial charge in [0.1, 0.15) is 18.6 Å². The number of hydrogen-bond donors (Lipinski definition) is 0. The van der Waals surface area contributed by atoms with Crippen LogP contribution in [-0.2, 0) is 14.3 Å². The van der Waals surface area contributed by atoms with E-state index in [1.807, 2.05) is 0 Å². The number of methoxy groups -OCH3 is 2. The summed E-state index contributed by atoms with van der Waals surface area (Å²) in [6.45, 7) is -0.496. The molecule has 0 fully saturated rings. The Morgan fingerprint density at radius 2 is 1.41 bits per heavy atom. The maximum absolute atomic E-state index is 13.5. The van der Waals surface area contributed by atoms with Crippen LogP contribution in [0.1, 0.15) is 39.3 Å². The second-order valence-corrected chi connectivity index (χ2v) is 8.48. The summed E-state index contributed by atoms with van der Waals surface area (Å²) >= 11 is 0. The fourth-order valence-corrected chi connectivity index (χ4v) is 3.90. The maximum Gasteiger partial charge on any atom is 0.338 e. The molecule has 1 aliphatic carbocycles. The first-order valence-electron chi connectivity index (χ1n) is 11.6. The lowest BCUT2D eigenvalue weighted by molar-refractivity contribution is -0.130. The van der Waals surface area contributed by atoms with Crippen molar-refractivity contribution < 1.29 is 33.3 Å². The van der Waals surface area contributed by atoms with Gasteiger partial charge < -0.3 is 18.9 Å². The number of carbonyl (C=O) groups excluding carboxylic acids is 3. The minimum atomic E-state index is -1.25. The SMILES string of the molecule is COc1cc(C2=CC(=O)C(COC(=O)c3ccccc3)(COC(=O)c3ccccc3)CC2)nc(OC)n1. The van der Waals surface area contributed by atoms with Crippen LogP contribution >= 0.6 is 0 Å². The van der Waals surface area contributed by atoms with Gasteiger partial charge in [0.2, 0.25) is 5.88 Å². The molecule has 37 heavy (non-hydrogen) atoms. The summed E-state index contributed by atoms with van der Waals surface area (Å²) < 4.78 is 21.4. The van der Waals surface area contributed by atoms with Crippen LogP contribution < -0.4 is 9.47 Å². The van der Waals surface area contributed by atoms with Crippen LogP contribution in [-0.4, -0.2) is 55.1 Å². The van der Waals surface area contributed by atoms with Gasteiger partial charge in [0.25, 0.3) is 0 Å². The molecule has 0 saturated heterocycles. The van der Waals surface area contributed by atoms with Crippen LogP contribution in [0.25, 0.3) is 5.57 Å². The Hall–Kier alpha value is -4.53. The molecule has 1 aliphatic rings. The smallest absolute Gasteiger partial charge is 0.338 e. The van der Waals surface area contributed by atoms with E-state index in [9.17, 15) is 14.4 Å². The van der Waals surface area contributed by atoms with E-state index in [0.29, 0.717) is 34.7 Å². The van der Waals surface area contributed by atoms with Gasteiger partial charge in [-0.2, -0.15) is 9.97 Å². The van der Waals surface area contributed by atoms with Crippen molar-refractivity contribution in [2.45, 2.75) is 12.8 Å². The summed E-state index contributed by atoms with van der Waals surface area (Å²) in [5, 5.41) is 0. The molecule has 1 aromatic heterocycles. The molecule has 1 heterocycles. The molecule has 0 aliphatic heterocycles. The predicted octanol–water partition coefficient (Wildman–Crippen LogP) is 3.94. The number of esters is 2. The maximum atomic E-state index is 13.5. The molecule has 0 amide bonds. The number of ether oxygens (including phenoxy) is 4. The molecule has 0 bridgehead atoms. The Bertz CT molecular complexity index is 1230. The Balaban J connectivity index is 1.58. The normalized spacial score (nSPS) is 14.3. The number of nitrogens with zero attached hydrogens (tertiary/aromatic N) is 2. The van der Waals surface area contributed by atoms with E-state index >= 15 is 0 Å². The van der Waals surface area contributed by atoms with E-state index in [1.165, 1.54) is 20.3 Å². The van der Waals surface area contributed by atoms with E-state index < -0.39 is 17.4 Å². The molecule has 9 heteroatoms. The highest BCUT2D eigenvalue weighted by Gasteiger charge is 2.43. The van der Waals surface area contributed by atoms with Gasteiger partial charge >= 0.3 is 17.9 Å². The van der Waals surface area contributed by atoms with Gasteiger partial charge in [-0.05, 0) is 48.8 Å². The zero-order valence-corrected chi connectivity index (χ0v) is 20.5. The molecule has 190 valence electrons. The van der Waals surface area contributed by atoms with Gasteiger partial charge in [-0.25, -0.2) is 9.59 Å². The second kappa shape index (κ2) is 11.5. The van der Waals surface area contributed by atoms with Crippen molar-refractivity contribution in [2.75, 3.05) is 27.4 Å². The minimum absolute atomic E-state index is 0.105. The van der Waals surface area contributed by atoms with Crippen molar-refractivity contribution in [3.8, 4) is 11.9 Å². The summed E-state index contributed by atoms with van der Waals surface area (Å²) in [6.07, 6.45) is 2.11. The monoisotopic (exact) mass is 502 g/mol. The van der Waals surface area contributed by atoms with Crippen LogP contribution in [0.3, 0.4) is 0 Å². The topological polar surface area (TPSA) is 114 Å². The zero-order valence-electron chi connectivity index (χ0n) is 20.5. The molecule has 0 spiro atoms. The van der Waals surface area contributed by atoms with E-state index in [2.05, 4.69) is 9.97 Å². The summed E-state index contributed by atoms with van der Waals surface area (Å²) in [5.41, 5.74) is 0.591. The van der Waals surface area contributed by atoms with Crippen molar-refractivity contribution in [3.05, 3.63) is 89.6 Å². The molecule has 0 unspecified atom stereocenters. The molecule has 0 N–H and O–H groups in total. The molecule has 3 aromatic rings. The lowest BCUT2D eigenvalue weighted by atomic mass is 9.74. The minimum Gasteiger partial charge on any atom is -0.481 e. The van der Waals surface area contributed by atoms with Gasteiger partial charge in [-0.15, -0.1) is 0 Å². The third kappa shape index (κ3) is 6.00. The van der Waals surface area contributed by atoms with Gasteiger partial charge in [0.15, 0.2) is 5.78 Å². The van der Waals surface area contributed by atoms with Crippen molar-refractivity contribution in [2.24, 2.45) is 5.41 Å². The quantitative estimate of drug-likeness (QED) is 0.401. The molecule has 4 rings (SSSR count). The first kappa shape index (κ1) is 25.6. The average molecular weight is 503 g/mol. The van der Waals surface area contributed by atoms with Crippen LogP contribution in [0.5, 0.6) is 11.9 Å². The van der Waals surface area contributed by atoms with Crippen molar-refractivity contribution in [1.82, 2.24) is 9.97 Å². The van der Waals surface area contributed by atoms with Gasteiger partial charge in [-0.3, -0.25) is 4.79 Å². The molecular formula is C28H26N2O7. The van der Waals surface area contributed by atoms with Crippen molar-refractivity contribution >= 4 is 23.3 Å². The van der Waals surface area contributed by atoms with Gasteiger partial charge in [-0.1, -0.05) is 36.4 Å².